The van der Waals surface area contributed by atoms with Crippen LogP contribution in [-0.4, -0.2) is 41.2 Å². The number of thiazole rings is 1. The van der Waals surface area contributed by atoms with Gasteiger partial charge in [0.25, 0.3) is 5.91 Å². The van der Waals surface area contributed by atoms with E-state index in [4.69, 9.17) is 0 Å². The maximum atomic E-state index is 13.1. The van der Waals surface area contributed by atoms with Crippen molar-refractivity contribution in [3.8, 4) is 11.3 Å². The van der Waals surface area contributed by atoms with E-state index >= 15 is 0 Å². The first-order valence-corrected chi connectivity index (χ1v) is 12.1. The van der Waals surface area contributed by atoms with Crippen molar-refractivity contribution in [2.75, 3.05) is 11.9 Å². The number of amides is 1. The van der Waals surface area contributed by atoms with Crippen molar-refractivity contribution in [1.82, 2.24) is 14.3 Å². The summed E-state index contributed by atoms with van der Waals surface area (Å²) in [5, 5.41) is 5.03. The van der Waals surface area contributed by atoms with Crippen LogP contribution < -0.4 is 5.32 Å². The number of piperidine rings is 1. The number of hydrogen-bond acceptors (Lipinski definition) is 6. The summed E-state index contributed by atoms with van der Waals surface area (Å²) < 4.78 is 27.7. The van der Waals surface area contributed by atoms with E-state index < -0.39 is 15.9 Å². The molecule has 1 unspecified atom stereocenters. The minimum absolute atomic E-state index is 0.0394. The van der Waals surface area contributed by atoms with Crippen LogP contribution in [0, 0.1) is 0 Å². The highest BCUT2D eigenvalue weighted by Crippen LogP contribution is 2.27. The predicted molar refractivity (Wildman–Crippen MR) is 117 cm³/mol. The smallest absolute Gasteiger partial charge is 0.257 e. The Morgan fingerprint density at radius 3 is 2.87 bits per heavy atom. The molecule has 1 saturated heterocycles. The second-order valence-electron chi connectivity index (χ2n) is 7.22. The molecule has 1 N–H and O–H groups in total. The first kappa shape index (κ1) is 20.6. The number of aromatic nitrogens is 2. The van der Waals surface area contributed by atoms with Gasteiger partial charge in [0, 0.05) is 41.5 Å². The minimum atomic E-state index is -3.64. The highest BCUT2D eigenvalue weighted by Gasteiger charge is 2.31. The Labute approximate surface area is 179 Å². The minimum Gasteiger partial charge on any atom is -0.298 e. The molecular formula is C21H22N4O3S2. The van der Waals surface area contributed by atoms with E-state index in [-0.39, 0.29) is 16.5 Å². The summed E-state index contributed by atoms with van der Waals surface area (Å²) in [5.41, 5.74) is 1.86. The number of carbonyl (C=O) groups excluding carboxylic acids is 1. The zero-order chi connectivity index (χ0) is 21.1. The molecule has 1 atom stereocenters. The third kappa shape index (κ3) is 4.28. The largest absolute Gasteiger partial charge is 0.298 e. The second-order valence-corrected chi connectivity index (χ2v) is 9.97. The number of carbonyl (C=O) groups is 1. The van der Waals surface area contributed by atoms with E-state index in [0.29, 0.717) is 11.7 Å². The molecule has 1 aliphatic rings. The van der Waals surface area contributed by atoms with Crippen LogP contribution in [0.4, 0.5) is 5.13 Å². The molecule has 9 heteroatoms. The van der Waals surface area contributed by atoms with E-state index in [1.807, 2.05) is 24.4 Å². The van der Waals surface area contributed by atoms with Crippen LogP contribution >= 0.6 is 11.3 Å². The highest BCUT2D eigenvalue weighted by molar-refractivity contribution is 7.89. The maximum Gasteiger partial charge on any atom is 0.257 e. The molecule has 0 aliphatic carbocycles. The fraction of sp³-hybridized carbons (Fsp3) is 0.286. The summed E-state index contributed by atoms with van der Waals surface area (Å²) in [6.45, 7) is 2.44. The van der Waals surface area contributed by atoms with Gasteiger partial charge in [-0.2, -0.15) is 4.31 Å². The van der Waals surface area contributed by atoms with Gasteiger partial charge in [-0.15, -0.1) is 11.3 Å². The van der Waals surface area contributed by atoms with Gasteiger partial charge in [0.1, 0.15) is 0 Å². The lowest BCUT2D eigenvalue weighted by Crippen LogP contribution is -2.41. The van der Waals surface area contributed by atoms with E-state index in [9.17, 15) is 13.2 Å². The fourth-order valence-corrected chi connectivity index (χ4v) is 5.97. The number of benzene rings is 1. The molecule has 3 aromatic rings. The van der Waals surface area contributed by atoms with E-state index in [0.717, 1.165) is 30.5 Å². The van der Waals surface area contributed by atoms with Crippen LogP contribution in [0.15, 0.2) is 59.1 Å². The molecule has 1 aromatic carbocycles. The van der Waals surface area contributed by atoms with Gasteiger partial charge in [0.15, 0.2) is 5.13 Å². The van der Waals surface area contributed by atoms with Crippen LogP contribution in [0.5, 0.6) is 0 Å². The van der Waals surface area contributed by atoms with Crippen molar-refractivity contribution in [1.29, 1.82) is 0 Å². The molecular weight excluding hydrogens is 420 g/mol. The SMILES string of the molecule is CC1CCCCN1S(=O)(=O)c1cccc(C(=O)Nc2nc(-c3cccnc3)cs2)c1. The van der Waals surface area contributed by atoms with Crippen LogP contribution in [0.1, 0.15) is 36.5 Å². The third-order valence-electron chi connectivity index (χ3n) is 5.13. The molecule has 3 heterocycles. The highest BCUT2D eigenvalue weighted by atomic mass is 32.2. The first-order valence-electron chi connectivity index (χ1n) is 9.74. The number of anilines is 1. The van der Waals surface area contributed by atoms with E-state index in [1.54, 1.807) is 24.5 Å². The molecule has 0 spiro atoms. The molecule has 30 heavy (non-hydrogen) atoms. The van der Waals surface area contributed by atoms with Crippen molar-refractivity contribution in [3.63, 3.8) is 0 Å². The summed E-state index contributed by atoms with van der Waals surface area (Å²) in [6.07, 6.45) is 6.13. The number of sulfonamides is 1. The lowest BCUT2D eigenvalue weighted by atomic mass is 10.1. The van der Waals surface area contributed by atoms with Gasteiger partial charge in [-0.1, -0.05) is 12.5 Å². The predicted octanol–water partition coefficient (Wildman–Crippen LogP) is 4.02. The zero-order valence-electron chi connectivity index (χ0n) is 16.5. The lowest BCUT2D eigenvalue weighted by Gasteiger charge is -2.32. The van der Waals surface area contributed by atoms with Crippen molar-refractivity contribution >= 4 is 32.4 Å². The average molecular weight is 443 g/mol. The Balaban J connectivity index is 1.53. The zero-order valence-corrected chi connectivity index (χ0v) is 18.1. The van der Waals surface area contributed by atoms with Crippen molar-refractivity contribution in [2.24, 2.45) is 0 Å². The molecule has 0 bridgehead atoms. The number of nitrogens with zero attached hydrogens (tertiary/aromatic N) is 3. The summed E-state index contributed by atoms with van der Waals surface area (Å²) in [4.78, 5) is 21.3. The van der Waals surface area contributed by atoms with Gasteiger partial charge in [-0.3, -0.25) is 15.1 Å². The summed E-state index contributed by atoms with van der Waals surface area (Å²) >= 11 is 1.30. The van der Waals surface area contributed by atoms with Crippen LogP contribution in [0.3, 0.4) is 0 Å². The standard InChI is InChI=1S/C21H22N4O3S2/c1-15-6-2-3-11-25(15)30(27,28)18-9-4-7-16(12-18)20(26)24-21-23-19(14-29-21)17-8-5-10-22-13-17/h4-5,7-10,12-15H,2-3,6,11H2,1H3,(H,23,24,26). The van der Waals surface area contributed by atoms with Crippen LogP contribution in [0.25, 0.3) is 11.3 Å². The van der Waals surface area contributed by atoms with Crippen molar-refractivity contribution < 1.29 is 13.2 Å². The number of rotatable bonds is 5. The molecule has 1 fully saturated rings. The number of pyridine rings is 1. The Hall–Kier alpha value is -2.62. The number of hydrogen-bond donors (Lipinski definition) is 1. The van der Waals surface area contributed by atoms with Gasteiger partial charge in [0.05, 0.1) is 10.6 Å². The Kier molecular flexibility index (Phi) is 5.94. The molecule has 0 saturated carbocycles. The van der Waals surface area contributed by atoms with Crippen LogP contribution in [-0.2, 0) is 10.0 Å². The third-order valence-corrected chi connectivity index (χ3v) is 7.89. The van der Waals surface area contributed by atoms with Gasteiger partial charge < -0.3 is 0 Å². The van der Waals surface area contributed by atoms with E-state index in [2.05, 4.69) is 15.3 Å². The maximum absolute atomic E-state index is 13.1. The molecule has 156 valence electrons. The van der Waals surface area contributed by atoms with Gasteiger partial charge in [-0.25, -0.2) is 13.4 Å². The topological polar surface area (TPSA) is 92.3 Å². The van der Waals surface area contributed by atoms with E-state index in [1.165, 1.54) is 27.8 Å². The van der Waals surface area contributed by atoms with Crippen molar-refractivity contribution in [3.05, 3.63) is 59.7 Å². The molecule has 1 amide bonds. The quantitative estimate of drug-likeness (QED) is 0.644. The Morgan fingerprint density at radius 2 is 2.10 bits per heavy atom. The summed E-state index contributed by atoms with van der Waals surface area (Å²) in [6, 6.07) is 9.84. The van der Waals surface area contributed by atoms with Gasteiger partial charge >= 0.3 is 0 Å². The summed E-state index contributed by atoms with van der Waals surface area (Å²) in [7, 11) is -3.64. The first-order chi connectivity index (χ1) is 14.4. The normalized spacial score (nSPS) is 17.6. The van der Waals surface area contributed by atoms with Gasteiger partial charge in [-0.05, 0) is 50.1 Å². The number of nitrogens with one attached hydrogen (secondary N) is 1. The average Bonchev–Trinajstić information content (AvgIpc) is 3.23. The Morgan fingerprint density at radius 1 is 1.23 bits per heavy atom. The second kappa shape index (κ2) is 8.63. The van der Waals surface area contributed by atoms with Crippen LogP contribution in [0.2, 0.25) is 0 Å². The molecule has 0 radical (unpaired) electrons. The molecule has 2 aromatic heterocycles. The lowest BCUT2D eigenvalue weighted by molar-refractivity contribution is 0.102. The fourth-order valence-electron chi connectivity index (χ4n) is 3.51. The summed E-state index contributed by atoms with van der Waals surface area (Å²) in [5.74, 6) is -0.397. The Bertz CT molecular complexity index is 1150. The molecule has 7 nitrogen and oxygen atoms in total. The molecule has 4 rings (SSSR count). The van der Waals surface area contributed by atoms with Crippen molar-refractivity contribution in [2.45, 2.75) is 37.1 Å². The van der Waals surface area contributed by atoms with Gasteiger partial charge in [0.2, 0.25) is 10.0 Å². The monoisotopic (exact) mass is 442 g/mol. The molecule has 1 aliphatic heterocycles.